The molecule has 9 heteroatoms. The monoisotopic (exact) mass is 447 g/mol. The first kappa shape index (κ1) is 21.9. The van der Waals surface area contributed by atoms with E-state index in [1.54, 1.807) is 19.9 Å². The fourth-order valence-corrected chi connectivity index (χ4v) is 3.48. The molecule has 0 saturated carbocycles. The predicted molar refractivity (Wildman–Crippen MR) is 125 cm³/mol. The number of rotatable bonds is 6. The van der Waals surface area contributed by atoms with E-state index in [9.17, 15) is 9.59 Å². The van der Waals surface area contributed by atoms with E-state index in [-0.39, 0.29) is 16.8 Å². The van der Waals surface area contributed by atoms with E-state index in [0.29, 0.717) is 23.6 Å². The molecular formula is C24H22FN5O3. The molecule has 2 N–H and O–H groups in total. The minimum atomic E-state index is -0.662. The van der Waals surface area contributed by atoms with Gasteiger partial charge in [-0.15, -0.1) is 0 Å². The second-order valence-corrected chi connectivity index (χ2v) is 8.06. The van der Waals surface area contributed by atoms with E-state index in [4.69, 9.17) is 10.1 Å². The average Bonchev–Trinajstić information content (AvgIpc) is 3.07. The quantitative estimate of drug-likeness (QED) is 0.552. The van der Waals surface area contributed by atoms with Gasteiger partial charge in [0.25, 0.3) is 0 Å². The summed E-state index contributed by atoms with van der Waals surface area (Å²) in [4.78, 5) is 26.0. The molecule has 2 aromatic carbocycles. The number of nitrogens with zero attached hydrogens (tertiary/aromatic N) is 3. The fraction of sp³-hybridized carbons (Fsp3) is 0.167. The van der Waals surface area contributed by atoms with Gasteiger partial charge in [-0.1, -0.05) is 18.2 Å². The second-order valence-electron chi connectivity index (χ2n) is 8.06. The van der Waals surface area contributed by atoms with Crippen molar-refractivity contribution in [3.05, 3.63) is 88.6 Å². The maximum Gasteiger partial charge on any atom is 0.415 e. The number of amides is 1. The Labute approximate surface area is 189 Å². The highest BCUT2D eigenvalue weighted by molar-refractivity contribution is 5.90. The molecule has 1 aromatic heterocycles. The van der Waals surface area contributed by atoms with Crippen molar-refractivity contribution in [2.75, 3.05) is 16.8 Å². The number of benzene rings is 2. The van der Waals surface area contributed by atoms with Crippen molar-refractivity contribution in [3.8, 4) is 5.69 Å². The summed E-state index contributed by atoms with van der Waals surface area (Å²) in [6.07, 6.45) is 3.27. The fourth-order valence-electron chi connectivity index (χ4n) is 3.48. The number of anilines is 2. The smallest absolute Gasteiger partial charge is 0.415 e. The number of ether oxygens (including phenoxy) is 1. The Hall–Kier alpha value is -4.27. The summed E-state index contributed by atoms with van der Waals surface area (Å²) < 4.78 is 21.6. The summed E-state index contributed by atoms with van der Waals surface area (Å²) in [6, 6.07) is 14.7. The third-order valence-electron chi connectivity index (χ3n) is 4.98. The topological polar surface area (TPSA) is 100 Å². The van der Waals surface area contributed by atoms with Gasteiger partial charge in [-0.25, -0.2) is 13.9 Å². The highest BCUT2D eigenvalue weighted by Gasteiger charge is 2.38. The Morgan fingerprint density at radius 3 is 2.58 bits per heavy atom. The molecule has 1 amide bonds. The lowest BCUT2D eigenvalue weighted by atomic mass is 10.1. The van der Waals surface area contributed by atoms with Crippen LogP contribution in [0.15, 0.2) is 71.7 Å². The van der Waals surface area contributed by atoms with Crippen LogP contribution in [0, 0.1) is 11.2 Å². The summed E-state index contributed by atoms with van der Waals surface area (Å²) >= 11 is 0. The number of allylic oxidation sites excluding steroid dienone is 1. The molecule has 0 bridgehead atoms. The number of para-hydroxylation sites is 1. The lowest BCUT2D eigenvalue weighted by Crippen LogP contribution is -2.28. The molecule has 0 unspecified atom stereocenters. The first-order chi connectivity index (χ1) is 15.8. The number of carbonyl (C=O) groups is 1. The Morgan fingerprint density at radius 1 is 1.18 bits per heavy atom. The van der Waals surface area contributed by atoms with Crippen LogP contribution < -0.4 is 15.6 Å². The maximum absolute atomic E-state index is 15.1. The minimum Gasteiger partial charge on any atom is -0.441 e. The first-order valence-corrected chi connectivity index (χ1v) is 10.2. The largest absolute Gasteiger partial charge is 0.441 e. The molecule has 1 aliphatic rings. The molecule has 0 aliphatic carbocycles. The molecule has 2 heterocycles. The van der Waals surface area contributed by atoms with E-state index in [2.05, 4.69) is 10.4 Å². The third-order valence-corrected chi connectivity index (χ3v) is 4.98. The van der Waals surface area contributed by atoms with Crippen molar-refractivity contribution in [3.63, 3.8) is 0 Å². The predicted octanol–water partition coefficient (Wildman–Crippen LogP) is 4.21. The zero-order chi connectivity index (χ0) is 23.6. The molecule has 0 radical (unpaired) electrons. The van der Waals surface area contributed by atoms with Crippen molar-refractivity contribution in [2.24, 2.45) is 0 Å². The van der Waals surface area contributed by atoms with Crippen LogP contribution in [0.2, 0.25) is 0 Å². The van der Waals surface area contributed by atoms with E-state index in [1.807, 2.05) is 30.3 Å². The SMILES string of the molecule is CC1(C)CN(c2ccc(-n3ccc(=O)c(/C(=C/C=N)Nc4ccccc4)n3)c(F)c2)C(=O)O1. The van der Waals surface area contributed by atoms with Crippen molar-refractivity contribution < 1.29 is 13.9 Å². The number of cyclic esters (lactones) is 1. The van der Waals surface area contributed by atoms with Crippen molar-refractivity contribution in [1.82, 2.24) is 9.78 Å². The van der Waals surface area contributed by atoms with Gasteiger partial charge >= 0.3 is 6.09 Å². The molecular weight excluding hydrogens is 425 g/mol. The summed E-state index contributed by atoms with van der Waals surface area (Å²) in [5.41, 5.74) is 0.446. The molecule has 168 valence electrons. The van der Waals surface area contributed by atoms with Gasteiger partial charge in [-0.2, -0.15) is 5.10 Å². The van der Waals surface area contributed by atoms with E-state index in [0.717, 1.165) is 6.21 Å². The van der Waals surface area contributed by atoms with Crippen LogP contribution in [-0.4, -0.2) is 34.2 Å². The Bertz CT molecular complexity index is 1300. The number of halogens is 1. The highest BCUT2D eigenvalue weighted by atomic mass is 19.1. The molecule has 1 aliphatic heterocycles. The lowest BCUT2D eigenvalue weighted by molar-refractivity contribution is 0.0871. The maximum atomic E-state index is 15.1. The number of hydrogen-bond donors (Lipinski definition) is 2. The number of nitrogens with one attached hydrogen (secondary N) is 2. The molecule has 1 fully saturated rings. The minimum absolute atomic E-state index is 0.0261. The van der Waals surface area contributed by atoms with Crippen LogP contribution in [0.25, 0.3) is 11.4 Å². The number of carbonyl (C=O) groups excluding carboxylic acids is 1. The van der Waals surface area contributed by atoms with Crippen LogP contribution in [0.3, 0.4) is 0 Å². The zero-order valence-electron chi connectivity index (χ0n) is 18.1. The van der Waals surface area contributed by atoms with Gasteiger partial charge in [0.05, 0.1) is 17.9 Å². The molecule has 8 nitrogen and oxygen atoms in total. The van der Waals surface area contributed by atoms with Crippen LogP contribution in [0.5, 0.6) is 0 Å². The first-order valence-electron chi connectivity index (χ1n) is 10.2. The van der Waals surface area contributed by atoms with Gasteiger partial charge < -0.3 is 15.5 Å². The molecule has 0 spiro atoms. The summed E-state index contributed by atoms with van der Waals surface area (Å²) in [6.45, 7) is 3.86. The lowest BCUT2D eigenvalue weighted by Gasteiger charge is -2.17. The van der Waals surface area contributed by atoms with Crippen molar-refractivity contribution in [2.45, 2.75) is 19.4 Å². The highest BCUT2D eigenvalue weighted by Crippen LogP contribution is 2.29. The van der Waals surface area contributed by atoms with E-state index in [1.165, 1.54) is 40.1 Å². The Balaban J connectivity index is 1.69. The van der Waals surface area contributed by atoms with Crippen LogP contribution >= 0.6 is 0 Å². The number of hydrogen-bond acceptors (Lipinski definition) is 6. The van der Waals surface area contributed by atoms with Gasteiger partial charge in [-0.3, -0.25) is 9.69 Å². The summed E-state index contributed by atoms with van der Waals surface area (Å²) in [5, 5.41) is 14.8. The number of aromatic nitrogens is 2. The van der Waals surface area contributed by atoms with Crippen LogP contribution in [-0.2, 0) is 4.74 Å². The van der Waals surface area contributed by atoms with Crippen LogP contribution in [0.1, 0.15) is 19.5 Å². The standard InChI is InChI=1S/C24H22FN5O3/c1-24(2)15-29(23(32)33-24)17-8-9-20(18(25)14-17)30-13-11-21(31)22(28-30)19(10-12-26)27-16-6-4-3-5-7-16/h3-14,26-27H,15H2,1-2H3/b19-10-,26-12?. The Morgan fingerprint density at radius 2 is 1.94 bits per heavy atom. The van der Waals surface area contributed by atoms with Gasteiger partial charge in [0, 0.05) is 24.2 Å². The normalized spacial score (nSPS) is 15.3. The average molecular weight is 447 g/mol. The van der Waals surface area contributed by atoms with Crippen molar-refractivity contribution in [1.29, 1.82) is 5.41 Å². The van der Waals surface area contributed by atoms with Crippen molar-refractivity contribution >= 4 is 29.4 Å². The molecule has 4 rings (SSSR count). The third kappa shape index (κ3) is 4.67. The zero-order valence-corrected chi connectivity index (χ0v) is 18.1. The summed E-state index contributed by atoms with van der Waals surface area (Å²) in [7, 11) is 0. The summed E-state index contributed by atoms with van der Waals surface area (Å²) in [5.74, 6) is -0.624. The van der Waals surface area contributed by atoms with Gasteiger partial charge in [0.15, 0.2) is 11.5 Å². The van der Waals surface area contributed by atoms with Gasteiger partial charge in [-0.05, 0) is 50.3 Å². The molecule has 3 aromatic rings. The molecule has 0 atom stereocenters. The Kier molecular flexibility index (Phi) is 5.78. The second kappa shape index (κ2) is 8.70. The molecule has 1 saturated heterocycles. The van der Waals surface area contributed by atoms with Crippen LogP contribution in [0.4, 0.5) is 20.6 Å². The van der Waals surface area contributed by atoms with Gasteiger partial charge in [0.2, 0.25) is 5.43 Å². The van der Waals surface area contributed by atoms with Gasteiger partial charge in [0.1, 0.15) is 11.3 Å². The molecule has 33 heavy (non-hydrogen) atoms. The van der Waals surface area contributed by atoms with E-state index < -0.39 is 17.5 Å². The van der Waals surface area contributed by atoms with E-state index >= 15 is 4.39 Å².